The molecule has 0 spiro atoms. The smallest absolute Gasteiger partial charge is 0.419 e. The van der Waals surface area contributed by atoms with Gasteiger partial charge in [-0.3, -0.25) is 0 Å². The van der Waals surface area contributed by atoms with E-state index < -0.39 is 11.7 Å². The summed E-state index contributed by atoms with van der Waals surface area (Å²) >= 11 is 0. The van der Waals surface area contributed by atoms with Crippen LogP contribution in [0.5, 0.6) is 5.75 Å². The topological polar surface area (TPSA) is 35.2 Å². The van der Waals surface area contributed by atoms with Crippen molar-refractivity contribution < 1.29 is 17.9 Å². The van der Waals surface area contributed by atoms with Gasteiger partial charge in [0.2, 0.25) is 0 Å². The van der Waals surface area contributed by atoms with E-state index in [-0.39, 0.29) is 16.7 Å². The molecule has 2 aliphatic carbocycles. The summed E-state index contributed by atoms with van der Waals surface area (Å²) in [6, 6.07) is 4.19. The lowest BCUT2D eigenvalue weighted by molar-refractivity contribution is -0.138. The van der Waals surface area contributed by atoms with Crippen LogP contribution in [-0.4, -0.2) is 12.6 Å². The molecular formula is C14H16F3NO. The summed E-state index contributed by atoms with van der Waals surface area (Å²) in [4.78, 5) is 0. The largest absolute Gasteiger partial charge is 0.496 e. The molecule has 1 aromatic carbocycles. The predicted octanol–water partition coefficient (Wildman–Crippen LogP) is 3.24. The summed E-state index contributed by atoms with van der Waals surface area (Å²) < 4.78 is 43.4. The molecule has 19 heavy (non-hydrogen) atoms. The van der Waals surface area contributed by atoms with E-state index in [2.05, 4.69) is 0 Å². The van der Waals surface area contributed by atoms with Gasteiger partial charge in [0.1, 0.15) is 5.75 Å². The van der Waals surface area contributed by atoms with E-state index in [1.165, 1.54) is 13.2 Å². The minimum absolute atomic E-state index is 0.111. The maximum absolute atomic E-state index is 12.8. The van der Waals surface area contributed by atoms with Crippen molar-refractivity contribution in [3.05, 3.63) is 29.3 Å². The van der Waals surface area contributed by atoms with Crippen LogP contribution < -0.4 is 10.5 Å². The van der Waals surface area contributed by atoms with Crippen molar-refractivity contribution >= 4 is 0 Å². The monoisotopic (exact) mass is 271 g/mol. The highest BCUT2D eigenvalue weighted by atomic mass is 19.4. The highest BCUT2D eigenvalue weighted by molar-refractivity contribution is 5.47. The summed E-state index contributed by atoms with van der Waals surface area (Å²) in [7, 11) is 1.27. The Morgan fingerprint density at radius 3 is 2.21 bits per heavy atom. The van der Waals surface area contributed by atoms with Crippen LogP contribution in [0.25, 0.3) is 0 Å². The average molecular weight is 271 g/mol. The second-order valence-corrected chi connectivity index (χ2v) is 5.65. The summed E-state index contributed by atoms with van der Waals surface area (Å²) in [5.41, 5.74) is 6.10. The molecule has 0 atom stereocenters. The maximum Gasteiger partial charge on any atom is 0.419 e. The fourth-order valence-corrected chi connectivity index (χ4v) is 3.04. The van der Waals surface area contributed by atoms with Gasteiger partial charge < -0.3 is 10.5 Å². The number of halogens is 3. The van der Waals surface area contributed by atoms with Gasteiger partial charge in [0.05, 0.1) is 12.7 Å². The Balaban J connectivity index is 2.02. The van der Waals surface area contributed by atoms with Crippen LogP contribution in [0.1, 0.15) is 36.8 Å². The average Bonchev–Trinajstić information content (AvgIpc) is 3.22. The quantitative estimate of drug-likeness (QED) is 0.916. The van der Waals surface area contributed by atoms with Crippen molar-refractivity contribution in [3.8, 4) is 5.75 Å². The third-order valence-electron chi connectivity index (χ3n) is 4.55. The van der Waals surface area contributed by atoms with Gasteiger partial charge in [-0.2, -0.15) is 13.2 Å². The first-order valence-electron chi connectivity index (χ1n) is 6.37. The van der Waals surface area contributed by atoms with Gasteiger partial charge >= 0.3 is 6.18 Å². The number of rotatable bonds is 3. The molecule has 3 rings (SSSR count). The molecule has 0 heterocycles. The van der Waals surface area contributed by atoms with Crippen LogP contribution in [0, 0.1) is 0 Å². The second kappa shape index (κ2) is 3.66. The first kappa shape index (κ1) is 12.8. The normalized spacial score (nSPS) is 23.0. The van der Waals surface area contributed by atoms with E-state index in [1.807, 2.05) is 0 Å². The van der Waals surface area contributed by atoms with E-state index >= 15 is 0 Å². The van der Waals surface area contributed by atoms with Crippen molar-refractivity contribution in [2.75, 3.05) is 7.11 Å². The number of methoxy groups -OCH3 is 1. The minimum Gasteiger partial charge on any atom is -0.496 e. The molecule has 0 saturated heterocycles. The Bertz CT molecular complexity index is 516. The molecule has 0 unspecified atom stereocenters. The third-order valence-corrected chi connectivity index (χ3v) is 4.55. The summed E-state index contributed by atoms with van der Waals surface area (Å²) in [6.07, 6.45) is -0.566. The summed E-state index contributed by atoms with van der Waals surface area (Å²) in [5.74, 6) is -0.111. The third kappa shape index (κ3) is 1.83. The molecule has 0 amide bonds. The number of hydrogen-bond donors (Lipinski definition) is 1. The molecule has 2 fully saturated rings. The van der Waals surface area contributed by atoms with Gasteiger partial charge in [-0.1, -0.05) is 6.07 Å². The van der Waals surface area contributed by atoms with Crippen molar-refractivity contribution in [1.29, 1.82) is 0 Å². The molecule has 0 bridgehead atoms. The molecule has 0 aromatic heterocycles. The second-order valence-electron chi connectivity index (χ2n) is 5.65. The number of hydrogen-bond acceptors (Lipinski definition) is 2. The van der Waals surface area contributed by atoms with Gasteiger partial charge in [0, 0.05) is 11.0 Å². The number of ether oxygens (including phenoxy) is 1. The van der Waals surface area contributed by atoms with Crippen LogP contribution in [0.15, 0.2) is 18.2 Å². The van der Waals surface area contributed by atoms with Gasteiger partial charge in [-0.25, -0.2) is 0 Å². The zero-order valence-electron chi connectivity index (χ0n) is 10.7. The fraction of sp³-hybridized carbons (Fsp3) is 0.571. The van der Waals surface area contributed by atoms with Crippen LogP contribution >= 0.6 is 0 Å². The molecule has 2 aliphatic rings. The molecule has 2 N–H and O–H groups in total. The molecule has 2 saturated carbocycles. The molecule has 5 heteroatoms. The van der Waals surface area contributed by atoms with E-state index in [1.54, 1.807) is 6.07 Å². The number of alkyl halides is 3. The van der Waals surface area contributed by atoms with Crippen LogP contribution in [0.2, 0.25) is 0 Å². The SMILES string of the molecule is COc1cc(C2(C3(N)CC3)CC2)ccc1C(F)(F)F. The van der Waals surface area contributed by atoms with Crippen molar-refractivity contribution in [2.24, 2.45) is 5.73 Å². The highest BCUT2D eigenvalue weighted by Crippen LogP contribution is 2.64. The summed E-state index contributed by atoms with van der Waals surface area (Å²) in [6.45, 7) is 0. The zero-order valence-corrected chi connectivity index (χ0v) is 10.7. The first-order valence-corrected chi connectivity index (χ1v) is 6.37. The Hall–Kier alpha value is -1.23. The zero-order chi connectivity index (χ0) is 13.9. The van der Waals surface area contributed by atoms with Crippen LogP contribution in [0.4, 0.5) is 13.2 Å². The predicted molar refractivity (Wildman–Crippen MR) is 65.1 cm³/mol. The number of benzene rings is 1. The molecule has 104 valence electrons. The maximum atomic E-state index is 12.8. The molecular weight excluding hydrogens is 255 g/mol. The Kier molecular flexibility index (Phi) is 2.46. The van der Waals surface area contributed by atoms with Gasteiger partial charge in [0.25, 0.3) is 0 Å². The first-order chi connectivity index (χ1) is 8.82. The van der Waals surface area contributed by atoms with Gasteiger partial charge in [0.15, 0.2) is 0 Å². The molecule has 2 nitrogen and oxygen atoms in total. The van der Waals surface area contributed by atoms with Gasteiger partial charge in [-0.15, -0.1) is 0 Å². The van der Waals surface area contributed by atoms with E-state index in [9.17, 15) is 13.2 Å². The Labute approximate surface area is 109 Å². The highest BCUT2D eigenvalue weighted by Gasteiger charge is 2.64. The minimum atomic E-state index is -4.39. The molecule has 0 radical (unpaired) electrons. The van der Waals surface area contributed by atoms with E-state index in [0.717, 1.165) is 37.3 Å². The fourth-order valence-electron chi connectivity index (χ4n) is 3.04. The summed E-state index contributed by atoms with van der Waals surface area (Å²) in [5, 5.41) is 0. The van der Waals surface area contributed by atoms with E-state index in [4.69, 9.17) is 10.5 Å². The Morgan fingerprint density at radius 1 is 1.16 bits per heavy atom. The standard InChI is InChI=1S/C14H16F3NO/c1-19-11-8-9(2-3-10(11)14(15,16)17)12(4-5-12)13(18)6-7-13/h2-3,8H,4-7,18H2,1H3. The van der Waals surface area contributed by atoms with Gasteiger partial charge in [-0.05, 0) is 43.4 Å². The number of nitrogens with two attached hydrogens (primary N) is 1. The van der Waals surface area contributed by atoms with Crippen LogP contribution in [0.3, 0.4) is 0 Å². The van der Waals surface area contributed by atoms with Crippen molar-refractivity contribution in [2.45, 2.75) is 42.8 Å². The van der Waals surface area contributed by atoms with Crippen LogP contribution in [-0.2, 0) is 11.6 Å². The van der Waals surface area contributed by atoms with E-state index in [0.29, 0.717) is 0 Å². The Morgan fingerprint density at radius 2 is 1.79 bits per heavy atom. The lowest BCUT2D eigenvalue weighted by Gasteiger charge is -2.24. The van der Waals surface area contributed by atoms with Crippen molar-refractivity contribution in [1.82, 2.24) is 0 Å². The lowest BCUT2D eigenvalue weighted by Crippen LogP contribution is -2.37. The van der Waals surface area contributed by atoms with Crippen molar-refractivity contribution in [3.63, 3.8) is 0 Å². The molecule has 0 aliphatic heterocycles. The molecule has 1 aromatic rings. The lowest BCUT2D eigenvalue weighted by atomic mass is 9.85.